The normalized spacial score (nSPS) is 14.4. The molecule has 12 heteroatoms. The lowest BCUT2D eigenvalue weighted by Gasteiger charge is -2.18. The molecule has 11 nitrogen and oxygen atoms in total. The molecule has 0 bridgehead atoms. The van der Waals surface area contributed by atoms with Crippen LogP contribution in [0.25, 0.3) is 22.3 Å². The van der Waals surface area contributed by atoms with E-state index in [1.165, 1.54) is 13.3 Å². The number of ether oxygens (including phenoxy) is 1. The quantitative estimate of drug-likeness (QED) is 0.0789. The second kappa shape index (κ2) is 16.9. The number of anilines is 1. The van der Waals surface area contributed by atoms with Crippen LogP contribution in [0.5, 0.6) is 5.75 Å². The molecule has 0 radical (unpaired) electrons. The second-order valence-electron chi connectivity index (χ2n) is 12.0. The van der Waals surface area contributed by atoms with Crippen molar-refractivity contribution in [1.82, 2.24) is 16.0 Å². The van der Waals surface area contributed by atoms with Crippen LogP contribution in [0.3, 0.4) is 0 Å². The summed E-state index contributed by atoms with van der Waals surface area (Å²) in [6.45, 7) is 1.16. The molecule has 7 N–H and O–H groups in total. The highest BCUT2D eigenvalue weighted by Gasteiger charge is 2.21. The summed E-state index contributed by atoms with van der Waals surface area (Å²) in [5.74, 6) is -0.613. The van der Waals surface area contributed by atoms with Gasteiger partial charge in [0, 0.05) is 72.8 Å². The first-order chi connectivity index (χ1) is 24.3. The van der Waals surface area contributed by atoms with Crippen molar-refractivity contribution < 1.29 is 24.5 Å². The van der Waals surface area contributed by atoms with E-state index in [1.807, 2.05) is 48.5 Å². The number of aliphatic carboxylic acids is 1. The van der Waals surface area contributed by atoms with Crippen LogP contribution in [0.15, 0.2) is 72.8 Å². The van der Waals surface area contributed by atoms with Crippen LogP contribution in [0.1, 0.15) is 40.7 Å². The van der Waals surface area contributed by atoms with Gasteiger partial charge in [0.15, 0.2) is 0 Å². The topological polar surface area (TPSA) is 180 Å². The predicted molar refractivity (Wildman–Crippen MR) is 193 cm³/mol. The largest absolute Gasteiger partial charge is 0.496 e. The number of amides is 1. The van der Waals surface area contributed by atoms with Crippen LogP contribution in [0.2, 0.25) is 5.02 Å². The number of hydrogen-bond donors (Lipinski definition) is 7. The van der Waals surface area contributed by atoms with E-state index in [1.54, 1.807) is 12.1 Å². The number of nitrogens with one attached hydrogen (secondary N) is 5. The van der Waals surface area contributed by atoms with Crippen molar-refractivity contribution in [2.75, 3.05) is 25.6 Å². The Labute approximate surface area is 295 Å². The van der Waals surface area contributed by atoms with Gasteiger partial charge in [-0.25, -0.2) is 0 Å². The number of benzene rings is 4. The smallest absolute Gasteiger partial charge is 0.323 e. The number of hydrogen-bond acceptors (Lipinski definition) is 9. The zero-order valence-corrected chi connectivity index (χ0v) is 28.3. The predicted octanol–water partition coefficient (Wildman–Crippen LogP) is 5.07. The molecule has 2 atom stereocenters. The summed E-state index contributed by atoms with van der Waals surface area (Å²) >= 11 is 7.06. The van der Waals surface area contributed by atoms with Gasteiger partial charge in [0.25, 0.3) is 0 Å². The molecule has 50 heavy (non-hydrogen) atoms. The van der Waals surface area contributed by atoms with E-state index in [0.717, 1.165) is 40.8 Å². The van der Waals surface area contributed by atoms with Crippen molar-refractivity contribution in [1.29, 1.82) is 10.7 Å². The van der Waals surface area contributed by atoms with Gasteiger partial charge in [0.2, 0.25) is 5.91 Å². The standard InChI is InChI=1S/C38H39ClN6O5/c1-50-35-15-26(25(16-40)14-27(35)20-44-34(22-46)38(48)49)19-43-33-7-3-5-30(32(33)17-41)31-6-2-4-29(37(31)39)24-10-8-23(9-11-24)18-42-21-28-12-13-36(47)45-28/h2-11,14-15,17,28,34,41-44,46H,12-13,18-22H2,1H3,(H,45,47)(H,48,49). The van der Waals surface area contributed by atoms with Crippen LogP contribution < -0.4 is 26.0 Å². The minimum Gasteiger partial charge on any atom is -0.496 e. The fraction of sp³-hybridized carbons (Fsp3) is 0.263. The van der Waals surface area contributed by atoms with Gasteiger partial charge in [-0.3, -0.25) is 14.9 Å². The summed E-state index contributed by atoms with van der Waals surface area (Å²) in [5, 5.41) is 49.9. The SMILES string of the molecule is COc1cc(CNc2cccc(-c3cccc(-c4ccc(CNCC5CCC(=O)N5)cc4)c3Cl)c2C=N)c(C#N)cc1CNC(CO)C(=O)O. The van der Waals surface area contributed by atoms with Crippen molar-refractivity contribution in [3.63, 3.8) is 0 Å². The van der Waals surface area contributed by atoms with Crippen LogP contribution in [0, 0.1) is 16.7 Å². The maximum Gasteiger partial charge on any atom is 0.323 e. The average Bonchev–Trinajstić information content (AvgIpc) is 3.55. The zero-order chi connectivity index (χ0) is 35.6. The summed E-state index contributed by atoms with van der Waals surface area (Å²) in [4.78, 5) is 22.7. The number of nitriles is 1. The Morgan fingerprint density at radius 2 is 1.82 bits per heavy atom. The first-order valence-corrected chi connectivity index (χ1v) is 16.6. The Balaban J connectivity index is 1.33. The molecular formula is C38H39ClN6O5. The fourth-order valence-corrected chi connectivity index (χ4v) is 6.33. The van der Waals surface area contributed by atoms with Gasteiger partial charge in [-0.05, 0) is 46.9 Å². The number of aliphatic hydroxyl groups is 1. The second-order valence-corrected chi connectivity index (χ2v) is 12.3. The van der Waals surface area contributed by atoms with Gasteiger partial charge in [0.05, 0.1) is 30.4 Å². The first-order valence-electron chi connectivity index (χ1n) is 16.2. The Morgan fingerprint density at radius 3 is 2.48 bits per heavy atom. The molecule has 4 aromatic carbocycles. The minimum absolute atomic E-state index is 0.0760. The highest BCUT2D eigenvalue weighted by Crippen LogP contribution is 2.39. The summed E-state index contributed by atoms with van der Waals surface area (Å²) in [7, 11) is 1.49. The lowest BCUT2D eigenvalue weighted by Crippen LogP contribution is -2.39. The average molecular weight is 695 g/mol. The van der Waals surface area contributed by atoms with Gasteiger partial charge in [-0.2, -0.15) is 5.26 Å². The molecule has 0 aromatic heterocycles. The number of carbonyl (C=O) groups is 2. The maximum atomic E-state index is 11.4. The van der Waals surface area contributed by atoms with Gasteiger partial charge in [-0.15, -0.1) is 0 Å². The Hall–Kier alpha value is -5.25. The summed E-state index contributed by atoms with van der Waals surface area (Å²) in [6, 6.07) is 24.3. The van der Waals surface area contributed by atoms with Crippen LogP contribution in [-0.4, -0.2) is 60.6 Å². The van der Waals surface area contributed by atoms with E-state index in [2.05, 4.69) is 39.5 Å². The van der Waals surface area contributed by atoms with E-state index in [9.17, 15) is 25.1 Å². The van der Waals surface area contributed by atoms with E-state index in [4.69, 9.17) is 21.7 Å². The minimum atomic E-state index is -1.18. The first kappa shape index (κ1) is 36.0. The number of carbonyl (C=O) groups excluding carboxylic acids is 1. The molecule has 1 saturated heterocycles. The lowest BCUT2D eigenvalue weighted by molar-refractivity contribution is -0.140. The monoisotopic (exact) mass is 694 g/mol. The molecule has 1 aliphatic rings. The summed E-state index contributed by atoms with van der Waals surface area (Å²) in [5.41, 5.74) is 7.38. The third kappa shape index (κ3) is 8.48. The van der Waals surface area contributed by atoms with Crippen LogP contribution >= 0.6 is 11.6 Å². The summed E-state index contributed by atoms with van der Waals surface area (Å²) in [6.07, 6.45) is 2.72. The van der Waals surface area contributed by atoms with Crippen LogP contribution in [-0.2, 0) is 29.2 Å². The van der Waals surface area contributed by atoms with Crippen molar-refractivity contribution in [3.8, 4) is 34.1 Å². The molecule has 258 valence electrons. The van der Waals surface area contributed by atoms with E-state index in [-0.39, 0.29) is 25.0 Å². The zero-order valence-electron chi connectivity index (χ0n) is 27.6. The lowest BCUT2D eigenvalue weighted by atomic mass is 9.94. The van der Waals surface area contributed by atoms with Gasteiger partial charge in [0.1, 0.15) is 11.8 Å². The van der Waals surface area contributed by atoms with Gasteiger partial charge in [-0.1, -0.05) is 66.2 Å². The molecule has 2 unspecified atom stereocenters. The molecule has 1 aliphatic heterocycles. The Kier molecular flexibility index (Phi) is 12.2. The maximum absolute atomic E-state index is 11.4. The number of nitrogens with zero attached hydrogens (tertiary/aromatic N) is 1. The van der Waals surface area contributed by atoms with E-state index >= 15 is 0 Å². The van der Waals surface area contributed by atoms with Crippen molar-refractivity contribution in [2.24, 2.45) is 0 Å². The third-order valence-corrected chi connectivity index (χ3v) is 9.13. The molecule has 1 amide bonds. The van der Waals surface area contributed by atoms with Crippen LogP contribution in [0.4, 0.5) is 5.69 Å². The number of rotatable bonds is 16. The molecular weight excluding hydrogens is 656 g/mol. The summed E-state index contributed by atoms with van der Waals surface area (Å²) < 4.78 is 5.54. The number of aliphatic hydroxyl groups excluding tert-OH is 1. The third-order valence-electron chi connectivity index (χ3n) is 8.72. The number of halogens is 1. The van der Waals surface area contributed by atoms with Crippen molar-refractivity contribution in [2.45, 2.75) is 44.6 Å². The molecule has 0 spiro atoms. The highest BCUT2D eigenvalue weighted by molar-refractivity contribution is 6.36. The molecule has 5 rings (SSSR count). The molecule has 0 saturated carbocycles. The Bertz CT molecular complexity index is 1910. The molecule has 1 heterocycles. The van der Waals surface area contributed by atoms with E-state index in [0.29, 0.717) is 51.7 Å². The van der Waals surface area contributed by atoms with Crippen molar-refractivity contribution in [3.05, 3.63) is 106 Å². The number of carboxylic acids is 1. The molecule has 4 aromatic rings. The highest BCUT2D eigenvalue weighted by atomic mass is 35.5. The van der Waals surface area contributed by atoms with Gasteiger partial charge >= 0.3 is 5.97 Å². The number of methoxy groups -OCH3 is 1. The van der Waals surface area contributed by atoms with E-state index < -0.39 is 18.6 Å². The fourth-order valence-electron chi connectivity index (χ4n) is 5.99. The molecule has 0 aliphatic carbocycles. The Morgan fingerprint density at radius 1 is 1.08 bits per heavy atom. The van der Waals surface area contributed by atoms with Gasteiger partial charge < -0.3 is 36.3 Å². The number of carboxylic acid groups (broad SMARTS) is 1. The molecule has 1 fully saturated rings. The van der Waals surface area contributed by atoms with Crippen molar-refractivity contribution >= 4 is 35.4 Å².